The minimum atomic E-state index is -4.54. The summed E-state index contributed by atoms with van der Waals surface area (Å²) in [5.41, 5.74) is 5.42. The van der Waals surface area contributed by atoms with Gasteiger partial charge in [0.2, 0.25) is 0 Å². The topological polar surface area (TPSA) is 69.2 Å². The van der Waals surface area contributed by atoms with Crippen molar-refractivity contribution >= 4 is 5.82 Å². The number of pyridine rings is 1. The van der Waals surface area contributed by atoms with Crippen molar-refractivity contribution in [3.8, 4) is 11.3 Å². The first kappa shape index (κ1) is 20.8. The molecule has 4 atom stereocenters. The quantitative estimate of drug-likeness (QED) is 0.788. The van der Waals surface area contributed by atoms with E-state index in [0.717, 1.165) is 38.2 Å². The smallest absolute Gasteiger partial charge is 0.383 e. The van der Waals surface area contributed by atoms with Crippen LogP contribution in [-0.4, -0.2) is 51.8 Å². The Hall–Kier alpha value is -2.13. The van der Waals surface area contributed by atoms with Crippen molar-refractivity contribution in [2.45, 2.75) is 50.9 Å². The molecule has 9 heteroatoms. The van der Waals surface area contributed by atoms with E-state index in [9.17, 15) is 13.2 Å². The maximum absolute atomic E-state index is 13.3. The van der Waals surface area contributed by atoms with Crippen molar-refractivity contribution in [2.24, 2.45) is 11.8 Å². The van der Waals surface area contributed by atoms with E-state index in [4.69, 9.17) is 15.5 Å². The summed E-state index contributed by atoms with van der Waals surface area (Å²) in [6, 6.07) is 2.07. The summed E-state index contributed by atoms with van der Waals surface area (Å²) in [4.78, 5) is 11.0. The van der Waals surface area contributed by atoms with Crippen molar-refractivity contribution in [3.05, 3.63) is 29.8 Å². The maximum atomic E-state index is 13.3. The molecule has 3 heterocycles. The molecule has 2 aromatic heterocycles. The number of anilines is 1. The number of nitrogens with zero attached hydrogens (tertiary/aromatic N) is 4. The van der Waals surface area contributed by atoms with Gasteiger partial charge < -0.3 is 15.0 Å². The van der Waals surface area contributed by atoms with E-state index >= 15 is 0 Å². The zero-order chi connectivity index (χ0) is 21.9. The number of halogens is 3. The third-order valence-electron chi connectivity index (χ3n) is 7.06. The monoisotopic (exact) mass is 435 g/mol. The zero-order valence-corrected chi connectivity index (χ0v) is 17.8. The van der Waals surface area contributed by atoms with E-state index < -0.39 is 17.6 Å². The fourth-order valence-electron chi connectivity index (χ4n) is 5.49. The summed E-state index contributed by atoms with van der Waals surface area (Å²) in [6.07, 6.45) is 1.08. The van der Waals surface area contributed by atoms with Gasteiger partial charge in [-0.05, 0) is 30.7 Å². The van der Waals surface area contributed by atoms with Crippen molar-refractivity contribution in [2.75, 3.05) is 32.0 Å². The standard InChI is InChI=1S/C22H28F3N5O/c1-12(2)21-28-18(13-7-17(22(23,24)25)20(26)27-10-13)11-30(21)19-15-8-14(9-16(15)19)29-3-5-31-6-4-29/h7,10-12,14-16,19H,3-6,8-9H2,1-2H3,(H2,26,27)/t14?,15-,16+,19+. The van der Waals surface area contributed by atoms with Crippen LogP contribution < -0.4 is 5.73 Å². The molecule has 6 nitrogen and oxygen atoms in total. The van der Waals surface area contributed by atoms with Crippen LogP contribution in [0.3, 0.4) is 0 Å². The molecule has 0 bridgehead atoms. The van der Waals surface area contributed by atoms with Gasteiger partial charge >= 0.3 is 6.18 Å². The Morgan fingerprint density at radius 1 is 1.16 bits per heavy atom. The Balaban J connectivity index is 1.39. The van der Waals surface area contributed by atoms with Crippen LogP contribution in [0.1, 0.15) is 50.0 Å². The molecule has 1 saturated heterocycles. The Bertz CT molecular complexity index is 955. The summed E-state index contributed by atoms with van der Waals surface area (Å²) < 4.78 is 47.5. The molecule has 168 valence electrons. The van der Waals surface area contributed by atoms with Gasteiger partial charge in [-0.3, -0.25) is 4.90 Å². The van der Waals surface area contributed by atoms with E-state index in [1.165, 1.54) is 19.0 Å². The molecule has 0 aromatic carbocycles. The van der Waals surface area contributed by atoms with Crippen LogP contribution in [0, 0.1) is 11.8 Å². The number of ether oxygens (including phenoxy) is 1. The highest BCUT2D eigenvalue weighted by Crippen LogP contribution is 2.62. The number of alkyl halides is 3. The molecule has 2 saturated carbocycles. The minimum Gasteiger partial charge on any atom is -0.383 e. The second kappa shape index (κ2) is 7.48. The van der Waals surface area contributed by atoms with Crippen LogP contribution in [0.25, 0.3) is 11.3 Å². The summed E-state index contributed by atoms with van der Waals surface area (Å²) in [5.74, 6) is 1.81. The normalized spacial score (nSPS) is 28.8. The summed E-state index contributed by atoms with van der Waals surface area (Å²) in [7, 11) is 0. The van der Waals surface area contributed by atoms with Gasteiger partial charge in [0.15, 0.2) is 0 Å². The van der Waals surface area contributed by atoms with Gasteiger partial charge in [-0.2, -0.15) is 13.2 Å². The molecule has 3 fully saturated rings. The van der Waals surface area contributed by atoms with E-state index in [-0.39, 0.29) is 5.92 Å². The number of fused-ring (bicyclic) bond motifs is 1. The average Bonchev–Trinajstić information content (AvgIpc) is 3.09. The summed E-state index contributed by atoms with van der Waals surface area (Å²) >= 11 is 0. The third-order valence-corrected chi connectivity index (χ3v) is 7.06. The maximum Gasteiger partial charge on any atom is 0.419 e. The fraction of sp³-hybridized carbons (Fsp3) is 0.636. The number of hydrogen-bond acceptors (Lipinski definition) is 5. The fourth-order valence-corrected chi connectivity index (χ4v) is 5.49. The molecule has 1 aliphatic heterocycles. The lowest BCUT2D eigenvalue weighted by molar-refractivity contribution is -0.137. The lowest BCUT2D eigenvalue weighted by Gasteiger charge is -2.33. The number of morpholine rings is 1. The molecule has 0 amide bonds. The number of rotatable bonds is 4. The third kappa shape index (κ3) is 3.71. The predicted molar refractivity (Wildman–Crippen MR) is 110 cm³/mol. The molecule has 0 spiro atoms. The van der Waals surface area contributed by atoms with Gasteiger partial charge in [0.1, 0.15) is 11.6 Å². The Labute approximate surface area is 179 Å². The molecular weight excluding hydrogens is 407 g/mol. The lowest BCUT2D eigenvalue weighted by Crippen LogP contribution is -2.43. The highest BCUT2D eigenvalue weighted by molar-refractivity contribution is 5.62. The number of nitrogen functional groups attached to an aromatic ring is 1. The highest BCUT2D eigenvalue weighted by Gasteiger charge is 2.58. The number of hydrogen-bond donors (Lipinski definition) is 1. The molecule has 5 rings (SSSR count). The zero-order valence-electron chi connectivity index (χ0n) is 17.8. The van der Waals surface area contributed by atoms with E-state index in [2.05, 4.69) is 28.3 Å². The van der Waals surface area contributed by atoms with Crippen molar-refractivity contribution in [3.63, 3.8) is 0 Å². The lowest BCUT2D eigenvalue weighted by atomic mass is 10.1. The van der Waals surface area contributed by atoms with Gasteiger partial charge in [0, 0.05) is 49.0 Å². The second-order valence-electron chi connectivity index (χ2n) is 9.29. The first-order valence-corrected chi connectivity index (χ1v) is 11.0. The first-order valence-electron chi connectivity index (χ1n) is 11.0. The van der Waals surface area contributed by atoms with E-state index in [1.807, 2.05) is 6.20 Å². The molecular formula is C22H28F3N5O. The first-order chi connectivity index (χ1) is 14.7. The SMILES string of the molecule is CC(C)c1nc(-c2cnc(N)c(C(F)(F)F)c2)cn1[C@H]1[C@@H]2CC(N3CCOCC3)C[C@@H]21. The second-order valence-corrected chi connectivity index (χ2v) is 9.29. The molecule has 31 heavy (non-hydrogen) atoms. The van der Waals surface area contributed by atoms with Crippen LogP contribution in [0.4, 0.5) is 19.0 Å². The summed E-state index contributed by atoms with van der Waals surface area (Å²) in [5, 5.41) is 0. The van der Waals surface area contributed by atoms with E-state index in [0.29, 0.717) is 35.2 Å². The Morgan fingerprint density at radius 3 is 2.45 bits per heavy atom. The van der Waals surface area contributed by atoms with E-state index in [1.54, 1.807) is 0 Å². The Morgan fingerprint density at radius 2 is 1.84 bits per heavy atom. The average molecular weight is 435 g/mol. The van der Waals surface area contributed by atoms with Crippen LogP contribution >= 0.6 is 0 Å². The molecule has 2 aliphatic carbocycles. The number of aromatic nitrogens is 3. The molecule has 2 N–H and O–H groups in total. The van der Waals surface area contributed by atoms with Gasteiger partial charge in [0.25, 0.3) is 0 Å². The highest BCUT2D eigenvalue weighted by atomic mass is 19.4. The van der Waals surface area contributed by atoms with Gasteiger partial charge in [-0.25, -0.2) is 9.97 Å². The minimum absolute atomic E-state index is 0.175. The molecule has 3 aliphatic rings. The predicted octanol–water partition coefficient (Wildman–Crippen LogP) is 3.95. The molecule has 1 unspecified atom stereocenters. The molecule has 0 radical (unpaired) electrons. The van der Waals surface area contributed by atoms with Crippen LogP contribution in [0.2, 0.25) is 0 Å². The Kier molecular flexibility index (Phi) is 5.01. The largest absolute Gasteiger partial charge is 0.419 e. The summed E-state index contributed by atoms with van der Waals surface area (Å²) in [6.45, 7) is 7.78. The van der Waals surface area contributed by atoms with Crippen LogP contribution in [0.5, 0.6) is 0 Å². The van der Waals surface area contributed by atoms with Gasteiger partial charge in [-0.15, -0.1) is 0 Å². The van der Waals surface area contributed by atoms with Gasteiger partial charge in [0.05, 0.1) is 24.5 Å². The van der Waals surface area contributed by atoms with Crippen LogP contribution in [0.15, 0.2) is 18.5 Å². The van der Waals surface area contributed by atoms with Crippen LogP contribution in [-0.2, 0) is 10.9 Å². The van der Waals surface area contributed by atoms with Crippen molar-refractivity contribution in [1.29, 1.82) is 0 Å². The number of imidazole rings is 1. The molecule has 2 aromatic rings. The van der Waals surface area contributed by atoms with Gasteiger partial charge in [-0.1, -0.05) is 13.8 Å². The number of nitrogens with two attached hydrogens (primary N) is 1. The van der Waals surface area contributed by atoms with Crippen molar-refractivity contribution in [1.82, 2.24) is 19.4 Å². The van der Waals surface area contributed by atoms with Crippen molar-refractivity contribution < 1.29 is 17.9 Å².